The Morgan fingerprint density at radius 1 is 1.44 bits per heavy atom. The van der Waals surface area contributed by atoms with Gasteiger partial charge in [0, 0.05) is 19.3 Å². The van der Waals surface area contributed by atoms with Crippen LogP contribution in [0.15, 0.2) is 18.2 Å². The van der Waals surface area contributed by atoms with Gasteiger partial charge in [-0.3, -0.25) is 4.72 Å². The van der Waals surface area contributed by atoms with E-state index in [1.807, 2.05) is 6.92 Å². The van der Waals surface area contributed by atoms with E-state index in [0.29, 0.717) is 22.9 Å². The zero-order valence-electron chi connectivity index (χ0n) is 10.5. The van der Waals surface area contributed by atoms with Crippen molar-refractivity contribution in [3.05, 3.63) is 23.2 Å². The number of hydrogen-bond donors (Lipinski definition) is 2. The van der Waals surface area contributed by atoms with Gasteiger partial charge in [0.2, 0.25) is 0 Å². The van der Waals surface area contributed by atoms with E-state index in [9.17, 15) is 8.42 Å². The molecule has 0 fully saturated rings. The Balaban J connectivity index is 2.85. The molecule has 1 rings (SSSR count). The van der Waals surface area contributed by atoms with Crippen LogP contribution in [0.2, 0.25) is 5.02 Å². The number of nitrogens with one attached hydrogen (secondary N) is 1. The quantitative estimate of drug-likeness (QED) is 0.790. The smallest absolute Gasteiger partial charge is 0.301 e. The van der Waals surface area contributed by atoms with Crippen molar-refractivity contribution in [1.82, 2.24) is 4.31 Å². The predicted molar refractivity (Wildman–Crippen MR) is 75.9 cm³/mol. The van der Waals surface area contributed by atoms with Crippen molar-refractivity contribution in [1.29, 1.82) is 0 Å². The third kappa shape index (κ3) is 4.04. The second-order valence-electron chi connectivity index (χ2n) is 4.02. The first kappa shape index (κ1) is 15.1. The summed E-state index contributed by atoms with van der Waals surface area (Å²) in [5.74, 6) is 0. The van der Waals surface area contributed by atoms with E-state index in [4.69, 9.17) is 17.3 Å². The van der Waals surface area contributed by atoms with E-state index in [1.54, 1.807) is 12.1 Å². The number of hydrogen-bond acceptors (Lipinski definition) is 3. The number of nitrogens with zero attached hydrogens (tertiary/aromatic N) is 1. The Kier molecular flexibility index (Phi) is 5.25. The molecule has 0 atom stereocenters. The van der Waals surface area contributed by atoms with Gasteiger partial charge >= 0.3 is 10.2 Å². The Hall–Kier alpha value is -0.980. The SMILES string of the molecule is CCCCN(C)S(=O)(=O)Nc1cc(N)ccc1Cl. The summed E-state index contributed by atoms with van der Waals surface area (Å²) in [5.41, 5.74) is 6.34. The highest BCUT2D eigenvalue weighted by atomic mass is 35.5. The number of benzene rings is 1. The molecule has 0 heterocycles. The molecule has 18 heavy (non-hydrogen) atoms. The largest absolute Gasteiger partial charge is 0.399 e. The maximum atomic E-state index is 12.0. The number of anilines is 2. The van der Waals surface area contributed by atoms with E-state index < -0.39 is 10.2 Å². The molecule has 0 aliphatic rings. The van der Waals surface area contributed by atoms with Crippen LogP contribution in [-0.4, -0.2) is 26.3 Å². The average Bonchev–Trinajstić information content (AvgIpc) is 2.30. The summed E-state index contributed by atoms with van der Waals surface area (Å²) in [6.45, 7) is 2.47. The highest BCUT2D eigenvalue weighted by molar-refractivity contribution is 7.90. The van der Waals surface area contributed by atoms with E-state index in [1.165, 1.54) is 17.4 Å². The summed E-state index contributed by atoms with van der Waals surface area (Å²) >= 11 is 5.91. The van der Waals surface area contributed by atoms with Crippen LogP contribution in [0.4, 0.5) is 11.4 Å². The minimum Gasteiger partial charge on any atom is -0.399 e. The fourth-order valence-corrected chi connectivity index (χ4v) is 2.53. The molecule has 1 aromatic rings. The topological polar surface area (TPSA) is 75.4 Å². The molecule has 5 nitrogen and oxygen atoms in total. The minimum atomic E-state index is -3.58. The van der Waals surface area contributed by atoms with Gasteiger partial charge in [-0.05, 0) is 24.6 Å². The Labute approximate surface area is 113 Å². The third-order valence-electron chi connectivity index (χ3n) is 2.47. The maximum absolute atomic E-state index is 12.0. The second-order valence-corrected chi connectivity index (χ2v) is 6.21. The Morgan fingerprint density at radius 2 is 2.11 bits per heavy atom. The van der Waals surface area contributed by atoms with Crippen molar-refractivity contribution in [3.8, 4) is 0 Å². The average molecular weight is 292 g/mol. The summed E-state index contributed by atoms with van der Waals surface area (Å²) < 4.78 is 27.7. The van der Waals surface area contributed by atoms with Crippen LogP contribution in [-0.2, 0) is 10.2 Å². The van der Waals surface area contributed by atoms with Gasteiger partial charge in [-0.25, -0.2) is 0 Å². The molecular weight excluding hydrogens is 274 g/mol. The molecule has 0 spiro atoms. The van der Waals surface area contributed by atoms with Gasteiger partial charge in [0.25, 0.3) is 0 Å². The monoisotopic (exact) mass is 291 g/mol. The van der Waals surface area contributed by atoms with E-state index in [2.05, 4.69) is 4.72 Å². The number of halogens is 1. The summed E-state index contributed by atoms with van der Waals surface area (Å²) in [6, 6.07) is 4.66. The fourth-order valence-electron chi connectivity index (χ4n) is 1.34. The van der Waals surface area contributed by atoms with Gasteiger partial charge in [0.1, 0.15) is 0 Å². The van der Waals surface area contributed by atoms with Crippen LogP contribution in [0.5, 0.6) is 0 Å². The maximum Gasteiger partial charge on any atom is 0.301 e. The minimum absolute atomic E-state index is 0.292. The zero-order chi connectivity index (χ0) is 13.8. The molecule has 0 radical (unpaired) electrons. The molecule has 0 unspecified atom stereocenters. The Morgan fingerprint density at radius 3 is 2.72 bits per heavy atom. The van der Waals surface area contributed by atoms with Crippen molar-refractivity contribution in [2.45, 2.75) is 19.8 Å². The molecule has 0 bridgehead atoms. The number of nitrogen functional groups attached to an aromatic ring is 1. The highest BCUT2D eigenvalue weighted by Crippen LogP contribution is 2.25. The number of rotatable bonds is 6. The van der Waals surface area contributed by atoms with Crippen molar-refractivity contribution in [3.63, 3.8) is 0 Å². The molecule has 0 saturated carbocycles. The molecule has 0 aromatic heterocycles. The van der Waals surface area contributed by atoms with Crippen LogP contribution >= 0.6 is 11.6 Å². The highest BCUT2D eigenvalue weighted by Gasteiger charge is 2.18. The lowest BCUT2D eigenvalue weighted by molar-refractivity contribution is 0.463. The van der Waals surface area contributed by atoms with Crippen LogP contribution in [0.3, 0.4) is 0 Å². The summed E-state index contributed by atoms with van der Waals surface area (Å²) in [5, 5.41) is 0.316. The molecule has 0 amide bonds. The lowest BCUT2D eigenvalue weighted by atomic mass is 10.3. The lowest BCUT2D eigenvalue weighted by Crippen LogP contribution is -2.33. The first-order valence-corrected chi connectivity index (χ1v) is 7.47. The van der Waals surface area contributed by atoms with Gasteiger partial charge in [-0.2, -0.15) is 12.7 Å². The van der Waals surface area contributed by atoms with Gasteiger partial charge in [-0.15, -0.1) is 0 Å². The van der Waals surface area contributed by atoms with Crippen LogP contribution in [0.25, 0.3) is 0 Å². The van der Waals surface area contributed by atoms with Gasteiger partial charge < -0.3 is 5.73 Å². The standard InChI is InChI=1S/C11H18ClN3O2S/c1-3-4-7-15(2)18(16,17)14-11-8-9(13)5-6-10(11)12/h5-6,8,14H,3-4,7,13H2,1-2H3. The molecule has 7 heteroatoms. The van der Waals surface area contributed by atoms with Gasteiger partial charge in [-0.1, -0.05) is 24.9 Å². The first-order valence-electron chi connectivity index (χ1n) is 5.66. The van der Waals surface area contributed by atoms with Crippen LogP contribution in [0.1, 0.15) is 19.8 Å². The van der Waals surface area contributed by atoms with E-state index in [0.717, 1.165) is 12.8 Å². The summed E-state index contributed by atoms with van der Waals surface area (Å²) in [4.78, 5) is 0. The van der Waals surface area contributed by atoms with E-state index in [-0.39, 0.29) is 0 Å². The summed E-state index contributed by atoms with van der Waals surface area (Å²) in [7, 11) is -2.06. The lowest BCUT2D eigenvalue weighted by Gasteiger charge is -2.18. The van der Waals surface area contributed by atoms with Gasteiger partial charge in [0.05, 0.1) is 10.7 Å². The van der Waals surface area contributed by atoms with Crippen LogP contribution < -0.4 is 10.5 Å². The molecule has 1 aromatic carbocycles. The molecular formula is C11H18ClN3O2S. The van der Waals surface area contributed by atoms with E-state index >= 15 is 0 Å². The molecule has 102 valence electrons. The number of unbranched alkanes of at least 4 members (excludes halogenated alkanes) is 1. The third-order valence-corrected chi connectivity index (χ3v) is 4.28. The molecule has 3 N–H and O–H groups in total. The fraction of sp³-hybridized carbons (Fsp3) is 0.455. The number of nitrogens with two attached hydrogens (primary N) is 1. The predicted octanol–water partition coefficient (Wildman–Crippen LogP) is 2.31. The van der Waals surface area contributed by atoms with Crippen LogP contribution in [0, 0.1) is 0 Å². The van der Waals surface area contributed by atoms with Crippen molar-refractivity contribution in [2.75, 3.05) is 24.0 Å². The van der Waals surface area contributed by atoms with Crippen molar-refractivity contribution in [2.24, 2.45) is 0 Å². The van der Waals surface area contributed by atoms with Crippen molar-refractivity contribution >= 4 is 33.2 Å². The zero-order valence-corrected chi connectivity index (χ0v) is 12.1. The summed E-state index contributed by atoms with van der Waals surface area (Å²) in [6.07, 6.45) is 1.74. The molecule has 0 aliphatic heterocycles. The first-order chi connectivity index (χ1) is 8.36. The second kappa shape index (κ2) is 6.26. The Bertz CT molecular complexity index is 505. The van der Waals surface area contributed by atoms with Gasteiger partial charge in [0.15, 0.2) is 0 Å². The molecule has 0 saturated heterocycles. The normalized spacial score (nSPS) is 11.8. The molecule has 0 aliphatic carbocycles. The van der Waals surface area contributed by atoms with Crippen molar-refractivity contribution < 1.29 is 8.42 Å².